The number of aromatic nitrogens is 2. The molecule has 1 saturated carbocycles. The molecule has 0 spiro atoms. The fraction of sp³-hybridized carbons (Fsp3) is 0.500. The normalized spacial score (nSPS) is 16.0. The molecule has 0 bridgehead atoms. The molecule has 4 heteroatoms. The van der Waals surface area contributed by atoms with E-state index in [2.05, 4.69) is 52.6 Å². The van der Waals surface area contributed by atoms with Gasteiger partial charge in [0, 0.05) is 17.9 Å². The van der Waals surface area contributed by atoms with Crippen LogP contribution in [0.5, 0.6) is 0 Å². The van der Waals surface area contributed by atoms with Crippen molar-refractivity contribution in [1.82, 2.24) is 9.97 Å². The summed E-state index contributed by atoms with van der Waals surface area (Å²) in [6.45, 7) is 4.40. The highest BCUT2D eigenvalue weighted by Crippen LogP contribution is 2.26. The topological polar surface area (TPSA) is 49.8 Å². The molecule has 0 unspecified atom stereocenters. The average Bonchev–Trinajstić information content (AvgIpc) is 2.84. The van der Waals surface area contributed by atoms with E-state index in [0.29, 0.717) is 17.9 Å². The fourth-order valence-corrected chi connectivity index (χ4v) is 3.37. The third-order valence-electron chi connectivity index (χ3n) is 4.69. The molecule has 0 amide bonds. The molecule has 0 atom stereocenters. The third-order valence-corrected chi connectivity index (χ3v) is 4.69. The van der Waals surface area contributed by atoms with Gasteiger partial charge in [-0.15, -0.1) is 0 Å². The summed E-state index contributed by atoms with van der Waals surface area (Å²) in [7, 11) is 0. The second kappa shape index (κ2) is 8.13. The van der Waals surface area contributed by atoms with Crippen LogP contribution in [0, 0.1) is 0 Å². The first kappa shape index (κ1) is 16.7. The van der Waals surface area contributed by atoms with Crippen LogP contribution < -0.4 is 10.6 Å². The van der Waals surface area contributed by atoms with Crippen molar-refractivity contribution in [3.05, 3.63) is 42.1 Å². The lowest BCUT2D eigenvalue weighted by Gasteiger charge is -2.18. The Labute approximate surface area is 145 Å². The SMILES string of the molecule is CC(C)c1ccccc1Nc1nccc(NC2CCCCCC2)n1. The maximum atomic E-state index is 4.66. The zero-order chi connectivity index (χ0) is 16.8. The number of benzene rings is 1. The molecular formula is C20H28N4. The molecule has 1 heterocycles. The molecule has 1 fully saturated rings. The summed E-state index contributed by atoms with van der Waals surface area (Å²) >= 11 is 0. The molecule has 1 aromatic carbocycles. The van der Waals surface area contributed by atoms with E-state index in [-0.39, 0.29) is 0 Å². The van der Waals surface area contributed by atoms with Crippen molar-refractivity contribution in [2.75, 3.05) is 10.6 Å². The zero-order valence-corrected chi connectivity index (χ0v) is 14.8. The van der Waals surface area contributed by atoms with Crippen LogP contribution in [-0.4, -0.2) is 16.0 Å². The maximum Gasteiger partial charge on any atom is 0.229 e. The van der Waals surface area contributed by atoms with E-state index < -0.39 is 0 Å². The molecule has 0 saturated heterocycles. The van der Waals surface area contributed by atoms with E-state index in [1.54, 1.807) is 0 Å². The van der Waals surface area contributed by atoms with Crippen molar-refractivity contribution >= 4 is 17.5 Å². The van der Waals surface area contributed by atoms with Gasteiger partial charge in [0.15, 0.2) is 0 Å². The predicted molar refractivity (Wildman–Crippen MR) is 101 cm³/mol. The number of hydrogen-bond donors (Lipinski definition) is 2. The molecular weight excluding hydrogens is 296 g/mol. The van der Waals surface area contributed by atoms with E-state index in [1.165, 1.54) is 44.1 Å². The predicted octanol–water partition coefficient (Wildman–Crippen LogP) is 5.48. The molecule has 1 aliphatic rings. The minimum absolute atomic E-state index is 0.459. The molecule has 1 aromatic heterocycles. The highest BCUT2D eigenvalue weighted by molar-refractivity contribution is 5.60. The van der Waals surface area contributed by atoms with Crippen LogP contribution in [0.1, 0.15) is 63.9 Å². The van der Waals surface area contributed by atoms with Crippen molar-refractivity contribution in [2.24, 2.45) is 0 Å². The van der Waals surface area contributed by atoms with Crippen molar-refractivity contribution in [2.45, 2.75) is 64.3 Å². The minimum Gasteiger partial charge on any atom is -0.367 e. The Bertz CT molecular complexity index is 646. The number of hydrogen-bond acceptors (Lipinski definition) is 4. The number of rotatable bonds is 5. The van der Waals surface area contributed by atoms with Crippen molar-refractivity contribution < 1.29 is 0 Å². The van der Waals surface area contributed by atoms with Crippen LogP contribution >= 0.6 is 0 Å². The van der Waals surface area contributed by atoms with E-state index in [9.17, 15) is 0 Å². The number of anilines is 3. The Morgan fingerprint density at radius 3 is 2.50 bits per heavy atom. The van der Waals surface area contributed by atoms with Gasteiger partial charge < -0.3 is 10.6 Å². The van der Waals surface area contributed by atoms with E-state index in [4.69, 9.17) is 0 Å². The van der Waals surface area contributed by atoms with Crippen LogP contribution in [0.2, 0.25) is 0 Å². The van der Waals surface area contributed by atoms with Gasteiger partial charge in [-0.3, -0.25) is 0 Å². The second-order valence-corrected chi connectivity index (χ2v) is 6.97. The van der Waals surface area contributed by atoms with Crippen molar-refractivity contribution in [3.8, 4) is 0 Å². The van der Waals surface area contributed by atoms with Crippen LogP contribution in [0.15, 0.2) is 36.5 Å². The standard InChI is InChI=1S/C20H28N4/c1-15(2)17-11-7-8-12-18(17)23-20-21-14-13-19(24-20)22-16-9-5-3-4-6-10-16/h7-8,11-16H,3-6,9-10H2,1-2H3,(H2,21,22,23,24). The summed E-state index contributed by atoms with van der Waals surface area (Å²) < 4.78 is 0. The Balaban J connectivity index is 1.71. The van der Waals surface area contributed by atoms with Crippen molar-refractivity contribution in [1.29, 1.82) is 0 Å². The largest absolute Gasteiger partial charge is 0.367 e. The van der Waals surface area contributed by atoms with Crippen LogP contribution in [0.3, 0.4) is 0 Å². The van der Waals surface area contributed by atoms with Gasteiger partial charge in [0.05, 0.1) is 0 Å². The monoisotopic (exact) mass is 324 g/mol. The molecule has 3 rings (SSSR count). The lowest BCUT2D eigenvalue weighted by Crippen LogP contribution is -2.19. The summed E-state index contributed by atoms with van der Waals surface area (Å²) in [6.07, 6.45) is 9.66. The molecule has 4 nitrogen and oxygen atoms in total. The van der Waals surface area contributed by atoms with E-state index in [0.717, 1.165) is 11.5 Å². The van der Waals surface area contributed by atoms with Gasteiger partial charge in [-0.25, -0.2) is 4.98 Å². The summed E-state index contributed by atoms with van der Waals surface area (Å²) in [5.41, 5.74) is 2.36. The molecule has 2 N–H and O–H groups in total. The van der Waals surface area contributed by atoms with Crippen LogP contribution in [0.4, 0.5) is 17.5 Å². The third kappa shape index (κ3) is 4.47. The number of para-hydroxylation sites is 1. The van der Waals surface area contributed by atoms with Gasteiger partial charge in [0.2, 0.25) is 5.95 Å². The Morgan fingerprint density at radius 2 is 1.75 bits per heavy atom. The van der Waals surface area contributed by atoms with Crippen LogP contribution in [0.25, 0.3) is 0 Å². The van der Waals surface area contributed by atoms with E-state index in [1.807, 2.05) is 18.3 Å². The molecule has 128 valence electrons. The van der Waals surface area contributed by atoms with Gasteiger partial charge in [-0.1, -0.05) is 57.7 Å². The van der Waals surface area contributed by atoms with Crippen molar-refractivity contribution in [3.63, 3.8) is 0 Å². The average molecular weight is 324 g/mol. The zero-order valence-electron chi connectivity index (χ0n) is 14.8. The summed E-state index contributed by atoms with van der Waals surface area (Å²) in [5.74, 6) is 2.03. The summed E-state index contributed by atoms with van der Waals surface area (Å²) in [4.78, 5) is 9.04. The Kier molecular flexibility index (Phi) is 5.68. The van der Waals surface area contributed by atoms with Gasteiger partial charge in [-0.05, 0) is 36.5 Å². The Morgan fingerprint density at radius 1 is 1.00 bits per heavy atom. The van der Waals surface area contributed by atoms with Gasteiger partial charge in [0.25, 0.3) is 0 Å². The van der Waals surface area contributed by atoms with Gasteiger partial charge >= 0.3 is 0 Å². The van der Waals surface area contributed by atoms with Gasteiger partial charge in [0.1, 0.15) is 5.82 Å². The molecule has 2 aromatic rings. The smallest absolute Gasteiger partial charge is 0.229 e. The molecule has 1 aliphatic carbocycles. The second-order valence-electron chi connectivity index (χ2n) is 6.97. The number of nitrogens with one attached hydrogen (secondary N) is 2. The lowest BCUT2D eigenvalue weighted by atomic mass is 10.0. The fourth-order valence-electron chi connectivity index (χ4n) is 3.37. The quantitative estimate of drug-likeness (QED) is 0.715. The van der Waals surface area contributed by atoms with E-state index >= 15 is 0 Å². The summed E-state index contributed by atoms with van der Waals surface area (Å²) in [5, 5.41) is 6.97. The highest BCUT2D eigenvalue weighted by atomic mass is 15.1. The number of nitrogens with zero attached hydrogens (tertiary/aromatic N) is 2. The highest BCUT2D eigenvalue weighted by Gasteiger charge is 2.13. The summed E-state index contributed by atoms with van der Waals surface area (Å²) in [6, 6.07) is 10.9. The molecule has 0 aliphatic heterocycles. The maximum absolute atomic E-state index is 4.66. The first-order valence-corrected chi connectivity index (χ1v) is 9.18. The Hall–Kier alpha value is -2.10. The molecule has 0 radical (unpaired) electrons. The lowest BCUT2D eigenvalue weighted by molar-refractivity contribution is 0.617. The first-order chi connectivity index (χ1) is 11.7. The molecule has 24 heavy (non-hydrogen) atoms. The van der Waals surface area contributed by atoms with Crippen LogP contribution in [-0.2, 0) is 0 Å². The van der Waals surface area contributed by atoms with Gasteiger partial charge in [-0.2, -0.15) is 4.98 Å². The minimum atomic E-state index is 0.459. The first-order valence-electron chi connectivity index (χ1n) is 9.18.